The number of rotatable bonds is 3. The summed E-state index contributed by atoms with van der Waals surface area (Å²) >= 11 is 6.25. The second kappa shape index (κ2) is 7.44. The Balaban J connectivity index is 1.55. The van der Waals surface area contributed by atoms with Crippen LogP contribution in [-0.4, -0.2) is 47.2 Å². The van der Waals surface area contributed by atoms with Crippen molar-refractivity contribution in [3.8, 4) is 17.0 Å². The van der Waals surface area contributed by atoms with Crippen molar-refractivity contribution >= 4 is 29.1 Å². The van der Waals surface area contributed by atoms with Crippen LogP contribution in [0.25, 0.3) is 11.3 Å². The summed E-state index contributed by atoms with van der Waals surface area (Å²) in [5, 5.41) is 14.5. The standard InChI is InChI=1S/C20H19ClN4O3/c21-14-6-2-1-5-13(14)18-17(19(22)28-23-18)20(27)25-11-9-24(10-12-25)15-7-3-4-8-16(15)26/h1-8,26H,9-12,22H2. The number of carbonyl (C=O) groups excluding carboxylic acids is 1. The zero-order valence-corrected chi connectivity index (χ0v) is 15.8. The fraction of sp³-hybridized carbons (Fsp3) is 0.200. The van der Waals surface area contributed by atoms with Gasteiger partial charge in [-0.25, -0.2) is 0 Å². The molecule has 1 aromatic heterocycles. The number of benzene rings is 2. The van der Waals surface area contributed by atoms with E-state index in [4.69, 9.17) is 21.9 Å². The number of amides is 1. The molecule has 28 heavy (non-hydrogen) atoms. The van der Waals surface area contributed by atoms with E-state index < -0.39 is 0 Å². The Morgan fingerprint density at radius 2 is 1.75 bits per heavy atom. The van der Waals surface area contributed by atoms with Gasteiger partial charge in [-0.3, -0.25) is 4.79 Å². The second-order valence-electron chi connectivity index (χ2n) is 6.52. The van der Waals surface area contributed by atoms with Crippen LogP contribution in [0.4, 0.5) is 11.6 Å². The predicted octanol–water partition coefficient (Wildman–Crippen LogP) is 3.25. The number of carbonyl (C=O) groups is 1. The van der Waals surface area contributed by atoms with Gasteiger partial charge in [0.25, 0.3) is 5.91 Å². The molecule has 1 saturated heterocycles. The third-order valence-electron chi connectivity index (χ3n) is 4.85. The first kappa shape index (κ1) is 18.2. The summed E-state index contributed by atoms with van der Waals surface area (Å²) in [5.74, 6) is -0.0415. The molecule has 1 amide bonds. The summed E-state index contributed by atoms with van der Waals surface area (Å²) in [6, 6.07) is 14.3. The molecule has 0 atom stereocenters. The molecule has 3 aromatic rings. The monoisotopic (exact) mass is 398 g/mol. The van der Waals surface area contributed by atoms with Gasteiger partial charge < -0.3 is 25.2 Å². The molecule has 7 nitrogen and oxygen atoms in total. The number of aromatic hydroxyl groups is 1. The second-order valence-corrected chi connectivity index (χ2v) is 6.93. The van der Waals surface area contributed by atoms with Crippen molar-refractivity contribution in [1.82, 2.24) is 10.1 Å². The number of piperazine rings is 1. The topological polar surface area (TPSA) is 95.8 Å². The van der Waals surface area contributed by atoms with Gasteiger partial charge >= 0.3 is 0 Å². The van der Waals surface area contributed by atoms with Gasteiger partial charge in [-0.2, -0.15) is 0 Å². The summed E-state index contributed by atoms with van der Waals surface area (Å²) in [4.78, 5) is 16.9. The van der Waals surface area contributed by atoms with Crippen LogP contribution in [0, 0.1) is 0 Å². The lowest BCUT2D eigenvalue weighted by molar-refractivity contribution is 0.0748. The van der Waals surface area contributed by atoms with Gasteiger partial charge in [-0.05, 0) is 18.2 Å². The number of halogens is 1. The number of nitrogens with two attached hydrogens (primary N) is 1. The van der Waals surface area contributed by atoms with E-state index in [1.165, 1.54) is 0 Å². The van der Waals surface area contributed by atoms with E-state index in [1.54, 1.807) is 35.2 Å². The molecule has 1 aliphatic heterocycles. The molecular formula is C20H19ClN4O3. The van der Waals surface area contributed by atoms with E-state index in [0.29, 0.717) is 42.5 Å². The molecule has 0 unspecified atom stereocenters. The Morgan fingerprint density at radius 3 is 2.46 bits per heavy atom. The fourth-order valence-corrected chi connectivity index (χ4v) is 3.61. The zero-order valence-electron chi connectivity index (χ0n) is 15.0. The molecule has 0 bridgehead atoms. The van der Waals surface area contributed by atoms with Gasteiger partial charge in [0, 0.05) is 31.7 Å². The third-order valence-corrected chi connectivity index (χ3v) is 5.18. The molecule has 2 aromatic carbocycles. The van der Waals surface area contributed by atoms with Crippen LogP contribution >= 0.6 is 11.6 Å². The first-order valence-corrected chi connectivity index (χ1v) is 9.26. The number of aromatic nitrogens is 1. The fourth-order valence-electron chi connectivity index (χ4n) is 3.39. The molecule has 0 saturated carbocycles. The lowest BCUT2D eigenvalue weighted by atomic mass is 10.1. The Labute approximate surface area is 166 Å². The number of nitrogens with zero attached hydrogens (tertiary/aromatic N) is 3. The number of para-hydroxylation sites is 2. The molecule has 2 heterocycles. The number of phenols is 1. The quantitative estimate of drug-likeness (QED) is 0.703. The molecule has 0 radical (unpaired) electrons. The van der Waals surface area contributed by atoms with Crippen LogP contribution in [0.2, 0.25) is 5.02 Å². The molecule has 8 heteroatoms. The Morgan fingerprint density at radius 1 is 1.07 bits per heavy atom. The third kappa shape index (κ3) is 3.25. The zero-order chi connectivity index (χ0) is 19.7. The van der Waals surface area contributed by atoms with Crippen molar-refractivity contribution in [3.05, 3.63) is 59.1 Å². The van der Waals surface area contributed by atoms with E-state index in [1.807, 2.05) is 23.1 Å². The molecule has 1 aliphatic rings. The minimum Gasteiger partial charge on any atom is -0.506 e. The molecule has 0 aliphatic carbocycles. The van der Waals surface area contributed by atoms with Crippen LogP contribution < -0.4 is 10.6 Å². The number of nitrogen functional groups attached to an aromatic ring is 1. The van der Waals surface area contributed by atoms with Crippen LogP contribution in [0.1, 0.15) is 10.4 Å². The molecule has 0 spiro atoms. The first-order chi connectivity index (χ1) is 13.6. The van der Waals surface area contributed by atoms with E-state index in [2.05, 4.69) is 5.16 Å². The van der Waals surface area contributed by atoms with E-state index in [9.17, 15) is 9.90 Å². The van der Waals surface area contributed by atoms with Crippen LogP contribution in [0.5, 0.6) is 5.75 Å². The summed E-state index contributed by atoms with van der Waals surface area (Å²) in [6.45, 7) is 2.16. The minimum absolute atomic E-state index is 0.0250. The van der Waals surface area contributed by atoms with Gasteiger partial charge in [0.15, 0.2) is 0 Å². The molecule has 144 valence electrons. The highest BCUT2D eigenvalue weighted by molar-refractivity contribution is 6.33. The smallest absolute Gasteiger partial charge is 0.261 e. The van der Waals surface area contributed by atoms with Crippen molar-refractivity contribution in [1.29, 1.82) is 0 Å². The maximum atomic E-state index is 13.1. The normalized spacial score (nSPS) is 14.3. The van der Waals surface area contributed by atoms with E-state index in [0.717, 1.165) is 5.69 Å². The Hall–Kier alpha value is -3.19. The van der Waals surface area contributed by atoms with Gasteiger partial charge in [-0.15, -0.1) is 0 Å². The van der Waals surface area contributed by atoms with Crippen LogP contribution in [-0.2, 0) is 0 Å². The minimum atomic E-state index is -0.245. The number of phenolic OH excluding ortho intramolecular Hbond substituents is 1. The lowest BCUT2D eigenvalue weighted by Crippen LogP contribution is -2.49. The van der Waals surface area contributed by atoms with Crippen molar-refractivity contribution in [2.75, 3.05) is 36.8 Å². The van der Waals surface area contributed by atoms with Gasteiger partial charge in [-0.1, -0.05) is 47.1 Å². The highest BCUT2D eigenvalue weighted by Crippen LogP contribution is 2.33. The molecule has 3 N–H and O–H groups in total. The van der Waals surface area contributed by atoms with Crippen molar-refractivity contribution in [2.24, 2.45) is 0 Å². The number of anilines is 2. The highest BCUT2D eigenvalue weighted by atomic mass is 35.5. The van der Waals surface area contributed by atoms with E-state index in [-0.39, 0.29) is 23.1 Å². The summed E-state index contributed by atoms with van der Waals surface area (Å²) in [7, 11) is 0. The van der Waals surface area contributed by atoms with Crippen LogP contribution in [0.3, 0.4) is 0 Å². The highest BCUT2D eigenvalue weighted by Gasteiger charge is 2.30. The van der Waals surface area contributed by atoms with Gasteiger partial charge in [0.05, 0.1) is 10.7 Å². The Bertz CT molecular complexity index is 1010. The van der Waals surface area contributed by atoms with Crippen molar-refractivity contribution in [3.63, 3.8) is 0 Å². The van der Waals surface area contributed by atoms with Gasteiger partial charge in [0.2, 0.25) is 5.88 Å². The number of hydrogen-bond donors (Lipinski definition) is 2. The van der Waals surface area contributed by atoms with Crippen molar-refractivity contribution < 1.29 is 14.4 Å². The average Bonchev–Trinajstić information content (AvgIpc) is 3.09. The van der Waals surface area contributed by atoms with Crippen LogP contribution in [0.15, 0.2) is 53.1 Å². The Kier molecular flexibility index (Phi) is 4.83. The van der Waals surface area contributed by atoms with Crippen molar-refractivity contribution in [2.45, 2.75) is 0 Å². The van der Waals surface area contributed by atoms with E-state index >= 15 is 0 Å². The van der Waals surface area contributed by atoms with Gasteiger partial charge in [0.1, 0.15) is 17.0 Å². The number of hydrogen-bond acceptors (Lipinski definition) is 6. The maximum Gasteiger partial charge on any atom is 0.261 e. The SMILES string of the molecule is Nc1onc(-c2ccccc2Cl)c1C(=O)N1CCN(c2ccccc2O)CC1. The lowest BCUT2D eigenvalue weighted by Gasteiger charge is -2.36. The summed E-state index contributed by atoms with van der Waals surface area (Å²) in [5.41, 5.74) is 7.84. The molecule has 4 rings (SSSR count). The predicted molar refractivity (Wildman–Crippen MR) is 108 cm³/mol. The summed E-state index contributed by atoms with van der Waals surface area (Å²) < 4.78 is 5.10. The summed E-state index contributed by atoms with van der Waals surface area (Å²) in [6.07, 6.45) is 0. The largest absolute Gasteiger partial charge is 0.506 e. The molecule has 1 fully saturated rings. The first-order valence-electron chi connectivity index (χ1n) is 8.88. The maximum absolute atomic E-state index is 13.1. The average molecular weight is 399 g/mol. The molecular weight excluding hydrogens is 380 g/mol.